The number of rotatable bonds is 8. The number of carbonyl (C=O) groups is 4. The molecule has 0 aliphatic carbocycles. The summed E-state index contributed by atoms with van der Waals surface area (Å²) < 4.78 is 9.71. The molecule has 0 heterocycles. The lowest BCUT2D eigenvalue weighted by Gasteiger charge is -2.20. The standard InChI is InChI=1S/C12H16O8Si/c1-21(2,7-19-11(17)5-3-9(13)14)8-20-12(18)6-4-10(15)16/h3-6H,7-8H2,1-2H3,(H,13,14)(H,15,16). The van der Waals surface area contributed by atoms with E-state index in [-0.39, 0.29) is 12.5 Å². The van der Waals surface area contributed by atoms with Crippen molar-refractivity contribution in [2.45, 2.75) is 13.1 Å². The van der Waals surface area contributed by atoms with Gasteiger partial charge in [-0.1, -0.05) is 13.1 Å². The first kappa shape index (κ1) is 18.6. The number of carboxylic acid groups (broad SMARTS) is 2. The molecule has 0 saturated carbocycles. The number of hydrogen-bond acceptors (Lipinski definition) is 6. The molecule has 0 amide bonds. The number of ether oxygens (including phenoxy) is 2. The van der Waals surface area contributed by atoms with Gasteiger partial charge >= 0.3 is 23.9 Å². The molecule has 0 aliphatic heterocycles. The Labute approximate surface area is 121 Å². The SMILES string of the molecule is C[Si](C)(COC(=O)C=CC(=O)O)COC(=O)C=CC(=O)O. The van der Waals surface area contributed by atoms with E-state index in [1.807, 2.05) is 0 Å². The van der Waals surface area contributed by atoms with Crippen LogP contribution in [-0.4, -0.2) is 54.6 Å². The molecule has 0 atom stereocenters. The molecule has 0 saturated heterocycles. The maximum atomic E-state index is 11.2. The highest BCUT2D eigenvalue weighted by Crippen LogP contribution is 2.04. The van der Waals surface area contributed by atoms with Crippen molar-refractivity contribution in [3.05, 3.63) is 24.3 Å². The monoisotopic (exact) mass is 316 g/mol. The van der Waals surface area contributed by atoms with Gasteiger partial charge in [0.1, 0.15) is 8.07 Å². The molecule has 9 heteroatoms. The minimum absolute atomic E-state index is 0.0334. The van der Waals surface area contributed by atoms with E-state index >= 15 is 0 Å². The molecule has 8 nitrogen and oxygen atoms in total. The van der Waals surface area contributed by atoms with Crippen molar-refractivity contribution in [3.63, 3.8) is 0 Å². The zero-order valence-corrected chi connectivity index (χ0v) is 12.6. The molecule has 0 aromatic rings. The molecule has 2 N–H and O–H groups in total. The largest absolute Gasteiger partial charge is 0.478 e. The van der Waals surface area contributed by atoms with E-state index in [9.17, 15) is 19.2 Å². The summed E-state index contributed by atoms with van der Waals surface area (Å²) in [7, 11) is -2.19. The van der Waals surface area contributed by atoms with Crippen molar-refractivity contribution in [3.8, 4) is 0 Å². The number of aliphatic carboxylic acids is 2. The van der Waals surface area contributed by atoms with Gasteiger partial charge in [-0.15, -0.1) is 0 Å². The van der Waals surface area contributed by atoms with Crippen LogP contribution in [0, 0.1) is 0 Å². The summed E-state index contributed by atoms with van der Waals surface area (Å²) in [6.45, 7) is 3.57. The van der Waals surface area contributed by atoms with E-state index in [4.69, 9.17) is 19.7 Å². The van der Waals surface area contributed by atoms with Crippen LogP contribution in [0.3, 0.4) is 0 Å². The fourth-order valence-corrected chi connectivity index (χ4v) is 2.10. The van der Waals surface area contributed by atoms with Gasteiger partial charge in [0.15, 0.2) is 0 Å². The molecular weight excluding hydrogens is 300 g/mol. The number of carboxylic acids is 2. The quantitative estimate of drug-likeness (QED) is 0.368. The van der Waals surface area contributed by atoms with Crippen LogP contribution < -0.4 is 0 Å². The van der Waals surface area contributed by atoms with E-state index in [2.05, 4.69) is 0 Å². The molecule has 0 spiro atoms. The third-order valence-corrected chi connectivity index (χ3v) is 3.79. The first-order chi connectivity index (χ1) is 9.62. The minimum atomic E-state index is -2.19. The average molecular weight is 316 g/mol. The molecule has 0 aliphatic rings. The van der Waals surface area contributed by atoms with Crippen molar-refractivity contribution >= 4 is 32.0 Å². The molecule has 0 rings (SSSR count). The maximum Gasteiger partial charge on any atom is 0.330 e. The second-order valence-corrected chi connectivity index (χ2v) is 9.63. The van der Waals surface area contributed by atoms with Crippen LogP contribution in [0.4, 0.5) is 0 Å². The summed E-state index contributed by atoms with van der Waals surface area (Å²) in [5.74, 6) is -4.12. The normalized spacial score (nSPS) is 11.5. The van der Waals surface area contributed by atoms with Gasteiger partial charge in [-0.25, -0.2) is 19.2 Å². The third-order valence-electron chi connectivity index (χ3n) is 1.93. The first-order valence-electron chi connectivity index (χ1n) is 5.78. The summed E-state index contributed by atoms with van der Waals surface area (Å²) in [5, 5.41) is 16.7. The molecule has 0 radical (unpaired) electrons. The van der Waals surface area contributed by atoms with Crippen LogP contribution in [0.1, 0.15) is 0 Å². The molecule has 0 aromatic carbocycles. The molecule has 0 aromatic heterocycles. The van der Waals surface area contributed by atoms with Crippen LogP contribution in [0.5, 0.6) is 0 Å². The van der Waals surface area contributed by atoms with Gasteiger partial charge < -0.3 is 19.7 Å². The fourth-order valence-electron chi connectivity index (χ4n) is 0.950. The van der Waals surface area contributed by atoms with E-state index in [1.54, 1.807) is 13.1 Å². The Morgan fingerprint density at radius 3 is 1.43 bits per heavy atom. The van der Waals surface area contributed by atoms with Gasteiger partial charge in [-0.05, 0) is 0 Å². The third kappa shape index (κ3) is 11.1. The van der Waals surface area contributed by atoms with E-state index < -0.39 is 32.0 Å². The average Bonchev–Trinajstić information content (AvgIpc) is 2.38. The highest BCUT2D eigenvalue weighted by atomic mass is 28.3. The van der Waals surface area contributed by atoms with Gasteiger partial charge in [0, 0.05) is 24.3 Å². The molecular formula is C12H16O8Si. The molecule has 21 heavy (non-hydrogen) atoms. The van der Waals surface area contributed by atoms with Gasteiger partial charge in [-0.2, -0.15) is 0 Å². The van der Waals surface area contributed by atoms with Gasteiger partial charge in [0.25, 0.3) is 0 Å². The predicted octanol–water partition coefficient (Wildman–Crippen LogP) is 0.141. The lowest BCUT2D eigenvalue weighted by atomic mass is 10.5. The molecule has 116 valence electrons. The highest BCUT2D eigenvalue weighted by Gasteiger charge is 2.25. The van der Waals surface area contributed by atoms with Gasteiger partial charge in [-0.3, -0.25) is 0 Å². The van der Waals surface area contributed by atoms with Crippen molar-refractivity contribution in [2.75, 3.05) is 12.5 Å². The van der Waals surface area contributed by atoms with Crippen molar-refractivity contribution in [2.24, 2.45) is 0 Å². The molecule has 0 bridgehead atoms. The Bertz CT molecular complexity index is 436. The zero-order chi connectivity index (χ0) is 16.5. The van der Waals surface area contributed by atoms with Gasteiger partial charge in [0.2, 0.25) is 0 Å². The van der Waals surface area contributed by atoms with E-state index in [1.165, 1.54) is 0 Å². The lowest BCUT2D eigenvalue weighted by Crippen LogP contribution is -2.40. The Kier molecular flexibility index (Phi) is 7.69. The van der Waals surface area contributed by atoms with Gasteiger partial charge in [0.05, 0.1) is 12.5 Å². The summed E-state index contributed by atoms with van der Waals surface area (Å²) in [6, 6.07) is 0. The molecule has 0 fully saturated rings. The zero-order valence-electron chi connectivity index (χ0n) is 11.6. The number of hydrogen-bond donors (Lipinski definition) is 2. The van der Waals surface area contributed by atoms with Crippen LogP contribution in [0.15, 0.2) is 24.3 Å². The fraction of sp³-hybridized carbons (Fsp3) is 0.333. The van der Waals surface area contributed by atoms with Crippen LogP contribution in [0.2, 0.25) is 13.1 Å². The van der Waals surface area contributed by atoms with E-state index in [0.717, 1.165) is 12.2 Å². The number of carbonyl (C=O) groups excluding carboxylic acids is 2. The number of esters is 2. The van der Waals surface area contributed by atoms with E-state index in [0.29, 0.717) is 12.2 Å². The Morgan fingerprint density at radius 1 is 0.810 bits per heavy atom. The first-order valence-corrected chi connectivity index (χ1v) is 9.19. The topological polar surface area (TPSA) is 127 Å². The van der Waals surface area contributed by atoms with Crippen molar-refractivity contribution < 1.29 is 38.9 Å². The summed E-state index contributed by atoms with van der Waals surface area (Å²) in [6.07, 6.45) is 2.96. The smallest absolute Gasteiger partial charge is 0.330 e. The second-order valence-electron chi connectivity index (χ2n) is 4.72. The van der Waals surface area contributed by atoms with Crippen LogP contribution >= 0.6 is 0 Å². The van der Waals surface area contributed by atoms with Crippen molar-refractivity contribution in [1.82, 2.24) is 0 Å². The second kappa shape index (κ2) is 8.69. The van der Waals surface area contributed by atoms with Crippen LogP contribution in [0.25, 0.3) is 0 Å². The Morgan fingerprint density at radius 2 is 1.14 bits per heavy atom. The molecule has 0 unspecified atom stereocenters. The summed E-state index contributed by atoms with van der Waals surface area (Å²) in [5.41, 5.74) is 0. The highest BCUT2D eigenvalue weighted by molar-refractivity contribution is 6.77. The lowest BCUT2D eigenvalue weighted by molar-refractivity contribution is -0.138. The Hall–Kier alpha value is -2.42. The van der Waals surface area contributed by atoms with Crippen LogP contribution in [-0.2, 0) is 28.7 Å². The predicted molar refractivity (Wildman–Crippen MR) is 73.0 cm³/mol. The Balaban J connectivity index is 4.20. The van der Waals surface area contributed by atoms with Crippen molar-refractivity contribution in [1.29, 1.82) is 0 Å². The maximum absolute atomic E-state index is 11.2. The minimum Gasteiger partial charge on any atom is -0.478 e. The summed E-state index contributed by atoms with van der Waals surface area (Å²) >= 11 is 0. The summed E-state index contributed by atoms with van der Waals surface area (Å²) in [4.78, 5) is 42.8.